The number of hydrogen-bond acceptors (Lipinski definition) is 9. The molecule has 3 unspecified atom stereocenters. The Bertz CT molecular complexity index is 806. The standard InChI is InChI=1S/C20H29N7O2/c1-2-3-18-25-20(26-27(18)11-22-12-4-6-14(28)7-5-12)23-13-8-16-15(21-10-13)9-17-19(24-16)29-17/h2-3,8,10,12,14,17-19,22,24,28H,4-7,9,11H2,1H3,(H2,23,25,26)/b3-2-. The normalized spacial score (nSPS) is 33.4. The Morgan fingerprint density at radius 2 is 2.21 bits per heavy atom. The van der Waals surface area contributed by atoms with Crippen molar-refractivity contribution in [2.75, 3.05) is 17.3 Å². The van der Waals surface area contributed by atoms with E-state index in [1.807, 2.05) is 19.2 Å². The molecular formula is C20H29N7O2. The lowest BCUT2D eigenvalue weighted by atomic mass is 9.93. The minimum atomic E-state index is -0.134. The number of aliphatic imine (C=N–C) groups is 1. The highest BCUT2D eigenvalue weighted by molar-refractivity contribution is 5.94. The summed E-state index contributed by atoms with van der Waals surface area (Å²) in [6.45, 7) is 2.68. The number of hydrazine groups is 1. The van der Waals surface area contributed by atoms with E-state index in [1.54, 1.807) is 0 Å². The number of guanidine groups is 1. The first-order valence-corrected chi connectivity index (χ1v) is 10.5. The molecule has 0 bridgehead atoms. The monoisotopic (exact) mass is 399 g/mol. The van der Waals surface area contributed by atoms with Gasteiger partial charge in [0.25, 0.3) is 0 Å². The fraction of sp³-hybridized carbons (Fsp3) is 0.600. The minimum Gasteiger partial charge on any atom is -0.393 e. The minimum absolute atomic E-state index is 0.0754. The number of fused-ring (bicyclic) bond motifs is 2. The fourth-order valence-electron chi connectivity index (χ4n) is 4.21. The van der Waals surface area contributed by atoms with E-state index < -0.39 is 0 Å². The van der Waals surface area contributed by atoms with Crippen LogP contribution in [0.4, 0.5) is 11.4 Å². The van der Waals surface area contributed by atoms with Crippen molar-refractivity contribution < 1.29 is 9.84 Å². The van der Waals surface area contributed by atoms with Crippen molar-refractivity contribution in [1.82, 2.24) is 20.7 Å². The van der Waals surface area contributed by atoms with Gasteiger partial charge in [0.1, 0.15) is 12.3 Å². The Hall–Kier alpha value is -2.20. The number of hydrogen-bond donors (Lipinski definition) is 5. The number of ether oxygens (including phenoxy) is 1. The second-order valence-electron chi connectivity index (χ2n) is 8.15. The lowest BCUT2D eigenvalue weighted by Crippen LogP contribution is -2.50. The molecule has 1 aromatic heterocycles. The largest absolute Gasteiger partial charge is 0.393 e. The van der Waals surface area contributed by atoms with Gasteiger partial charge < -0.3 is 20.5 Å². The summed E-state index contributed by atoms with van der Waals surface area (Å²) in [5.41, 5.74) is 6.31. The summed E-state index contributed by atoms with van der Waals surface area (Å²) in [6.07, 6.45) is 10.8. The molecule has 0 aromatic carbocycles. The van der Waals surface area contributed by atoms with Gasteiger partial charge in [0, 0.05) is 12.5 Å². The average Bonchev–Trinajstić information content (AvgIpc) is 3.38. The summed E-state index contributed by atoms with van der Waals surface area (Å²) < 4.78 is 5.53. The molecule has 4 heterocycles. The van der Waals surface area contributed by atoms with Crippen LogP contribution in [0.3, 0.4) is 0 Å². The molecular weight excluding hydrogens is 370 g/mol. The molecule has 5 rings (SSSR count). The van der Waals surface area contributed by atoms with Crippen LogP contribution in [-0.2, 0) is 11.2 Å². The molecule has 1 saturated carbocycles. The first kappa shape index (κ1) is 18.8. The van der Waals surface area contributed by atoms with E-state index in [9.17, 15) is 5.11 Å². The maximum atomic E-state index is 9.68. The first-order valence-electron chi connectivity index (χ1n) is 10.5. The lowest BCUT2D eigenvalue weighted by Gasteiger charge is -2.29. The fourth-order valence-corrected chi connectivity index (χ4v) is 4.21. The Morgan fingerprint density at radius 3 is 3.03 bits per heavy atom. The van der Waals surface area contributed by atoms with Gasteiger partial charge in [-0.25, -0.2) is 4.99 Å². The van der Waals surface area contributed by atoms with Crippen molar-refractivity contribution in [3.63, 3.8) is 0 Å². The molecule has 4 aliphatic rings. The molecule has 3 atom stereocenters. The third-order valence-electron chi connectivity index (χ3n) is 5.95. The van der Waals surface area contributed by atoms with Gasteiger partial charge in [-0.05, 0) is 44.7 Å². The summed E-state index contributed by atoms with van der Waals surface area (Å²) in [7, 11) is 0. The van der Waals surface area contributed by atoms with Crippen LogP contribution >= 0.6 is 0 Å². The summed E-state index contributed by atoms with van der Waals surface area (Å²) in [5.74, 6) is 0.701. The summed E-state index contributed by atoms with van der Waals surface area (Å²) in [6, 6.07) is 2.50. The predicted molar refractivity (Wildman–Crippen MR) is 111 cm³/mol. The van der Waals surface area contributed by atoms with Crippen LogP contribution in [0, 0.1) is 0 Å². The van der Waals surface area contributed by atoms with Crippen LogP contribution in [0.5, 0.6) is 0 Å². The Kier molecular flexibility index (Phi) is 5.13. The van der Waals surface area contributed by atoms with E-state index in [0.717, 1.165) is 49.2 Å². The van der Waals surface area contributed by atoms with Crippen LogP contribution in [-0.4, -0.2) is 58.4 Å². The molecule has 1 aromatic rings. The summed E-state index contributed by atoms with van der Waals surface area (Å²) in [4.78, 5) is 9.31. The number of nitrogens with zero attached hydrogens (tertiary/aromatic N) is 3. The van der Waals surface area contributed by atoms with Crippen molar-refractivity contribution >= 4 is 17.3 Å². The number of aliphatic hydroxyl groups excluding tert-OH is 1. The third-order valence-corrected chi connectivity index (χ3v) is 5.95. The third kappa shape index (κ3) is 4.23. The number of aromatic nitrogens is 1. The number of pyridine rings is 1. The van der Waals surface area contributed by atoms with Crippen LogP contribution in [0.25, 0.3) is 0 Å². The maximum Gasteiger partial charge on any atom is 0.212 e. The SMILES string of the molecule is C/C=C\C1N=C(Nc2cnc3c(c2)NC2OC2C3)NN1CNC1CCC(O)CC1. The molecule has 9 nitrogen and oxygen atoms in total. The number of aliphatic hydroxyl groups is 1. The van der Waals surface area contributed by atoms with Crippen molar-refractivity contribution in [2.24, 2.45) is 4.99 Å². The van der Waals surface area contributed by atoms with Gasteiger partial charge in [0.15, 0.2) is 6.23 Å². The lowest BCUT2D eigenvalue weighted by molar-refractivity contribution is 0.107. The van der Waals surface area contributed by atoms with Crippen LogP contribution in [0.1, 0.15) is 38.3 Å². The second kappa shape index (κ2) is 7.91. The summed E-state index contributed by atoms with van der Waals surface area (Å²) in [5, 5.41) is 22.0. The van der Waals surface area contributed by atoms with Crippen LogP contribution in [0.15, 0.2) is 29.4 Å². The van der Waals surface area contributed by atoms with Crippen molar-refractivity contribution in [3.05, 3.63) is 30.1 Å². The molecule has 0 spiro atoms. The number of anilines is 2. The predicted octanol–water partition coefficient (Wildman–Crippen LogP) is 1.12. The molecule has 156 valence electrons. The van der Waals surface area contributed by atoms with Crippen molar-refractivity contribution in [1.29, 1.82) is 0 Å². The van der Waals surface area contributed by atoms with Gasteiger partial charge in [-0.3, -0.25) is 15.7 Å². The molecule has 1 aliphatic carbocycles. The van der Waals surface area contributed by atoms with E-state index in [1.165, 1.54) is 0 Å². The maximum absolute atomic E-state index is 9.68. The number of epoxide rings is 1. The van der Waals surface area contributed by atoms with Crippen molar-refractivity contribution in [2.45, 2.75) is 69.7 Å². The molecule has 0 radical (unpaired) electrons. The number of allylic oxidation sites excluding steroid dienone is 1. The topological polar surface area (TPSA) is 109 Å². The Morgan fingerprint density at radius 1 is 1.34 bits per heavy atom. The van der Waals surface area contributed by atoms with E-state index >= 15 is 0 Å². The highest BCUT2D eigenvalue weighted by atomic mass is 16.6. The Labute approximate surface area is 170 Å². The zero-order valence-corrected chi connectivity index (χ0v) is 16.6. The molecule has 29 heavy (non-hydrogen) atoms. The molecule has 2 fully saturated rings. The molecule has 3 aliphatic heterocycles. The highest BCUT2D eigenvalue weighted by Gasteiger charge is 2.43. The quantitative estimate of drug-likeness (QED) is 0.370. The molecule has 5 N–H and O–H groups in total. The zero-order valence-electron chi connectivity index (χ0n) is 16.6. The summed E-state index contributed by atoms with van der Waals surface area (Å²) >= 11 is 0. The zero-order chi connectivity index (χ0) is 19.8. The average molecular weight is 399 g/mol. The smallest absolute Gasteiger partial charge is 0.212 e. The first-order chi connectivity index (χ1) is 14.2. The van der Waals surface area contributed by atoms with Gasteiger partial charge in [-0.15, -0.1) is 0 Å². The van der Waals surface area contributed by atoms with Crippen LogP contribution in [0.2, 0.25) is 0 Å². The van der Waals surface area contributed by atoms with E-state index in [-0.39, 0.29) is 24.6 Å². The molecule has 1 saturated heterocycles. The van der Waals surface area contributed by atoms with Gasteiger partial charge >= 0.3 is 0 Å². The van der Waals surface area contributed by atoms with Crippen molar-refractivity contribution in [3.8, 4) is 0 Å². The molecule has 0 amide bonds. The Balaban J connectivity index is 1.19. The van der Waals surface area contributed by atoms with Gasteiger partial charge in [0.2, 0.25) is 5.96 Å². The van der Waals surface area contributed by atoms with Crippen LogP contribution < -0.4 is 21.4 Å². The van der Waals surface area contributed by atoms with E-state index in [0.29, 0.717) is 18.7 Å². The van der Waals surface area contributed by atoms with Gasteiger partial charge in [-0.2, -0.15) is 5.01 Å². The molecule has 9 heteroatoms. The number of nitrogens with one attached hydrogen (secondary N) is 4. The van der Waals surface area contributed by atoms with Gasteiger partial charge in [-0.1, -0.05) is 6.08 Å². The second-order valence-corrected chi connectivity index (χ2v) is 8.15. The highest BCUT2D eigenvalue weighted by Crippen LogP contribution is 2.35. The van der Waals surface area contributed by atoms with Gasteiger partial charge in [0.05, 0.1) is 36.0 Å². The van der Waals surface area contributed by atoms with E-state index in [2.05, 4.69) is 43.5 Å². The van der Waals surface area contributed by atoms with E-state index in [4.69, 9.17) is 9.73 Å². The number of rotatable bonds is 5.